The number of aromatic nitrogens is 3. The minimum Gasteiger partial charge on any atom is -0.484 e. The molecule has 0 radical (unpaired) electrons. The van der Waals surface area contributed by atoms with E-state index < -0.39 is 0 Å². The van der Waals surface area contributed by atoms with Gasteiger partial charge in [0.1, 0.15) is 11.6 Å². The molecule has 0 atom stereocenters. The third kappa shape index (κ3) is 4.28. The van der Waals surface area contributed by atoms with Gasteiger partial charge in [-0.05, 0) is 55.7 Å². The molecule has 1 fully saturated rings. The van der Waals surface area contributed by atoms with Gasteiger partial charge < -0.3 is 10.1 Å². The summed E-state index contributed by atoms with van der Waals surface area (Å²) in [7, 11) is 0. The summed E-state index contributed by atoms with van der Waals surface area (Å²) in [5.74, 6) is 2.46. The molecular weight excluding hydrogens is 364 g/mol. The molecule has 0 aliphatic heterocycles. The van der Waals surface area contributed by atoms with E-state index in [1.807, 2.05) is 31.2 Å². The van der Waals surface area contributed by atoms with Crippen molar-refractivity contribution in [1.82, 2.24) is 15.2 Å². The largest absolute Gasteiger partial charge is 0.484 e. The van der Waals surface area contributed by atoms with E-state index in [-0.39, 0.29) is 12.5 Å². The van der Waals surface area contributed by atoms with Gasteiger partial charge >= 0.3 is 0 Å². The average Bonchev–Trinajstić information content (AvgIpc) is 3.40. The minimum absolute atomic E-state index is 0.0855. The van der Waals surface area contributed by atoms with E-state index in [1.165, 1.54) is 0 Å². The maximum absolute atomic E-state index is 12.2. The van der Waals surface area contributed by atoms with Gasteiger partial charge in [0.2, 0.25) is 0 Å². The zero-order chi connectivity index (χ0) is 18.8. The molecule has 7 heteroatoms. The number of aromatic amines is 1. The second-order valence-corrected chi connectivity index (χ2v) is 7.05. The zero-order valence-electron chi connectivity index (χ0n) is 14.8. The summed E-state index contributed by atoms with van der Waals surface area (Å²) >= 11 is 5.99. The number of carbonyl (C=O) groups is 1. The zero-order valence-corrected chi connectivity index (χ0v) is 15.6. The first-order valence-corrected chi connectivity index (χ1v) is 9.18. The van der Waals surface area contributed by atoms with Crippen molar-refractivity contribution < 1.29 is 9.53 Å². The minimum atomic E-state index is -0.242. The molecule has 0 spiro atoms. The van der Waals surface area contributed by atoms with Crippen molar-refractivity contribution in [3.05, 3.63) is 58.9 Å². The number of nitrogens with one attached hydrogen (secondary N) is 2. The fourth-order valence-corrected chi connectivity index (χ4v) is 2.85. The van der Waals surface area contributed by atoms with Crippen LogP contribution in [0.25, 0.3) is 11.4 Å². The Hall–Kier alpha value is -2.86. The first-order valence-electron chi connectivity index (χ1n) is 8.80. The molecule has 0 saturated heterocycles. The number of halogens is 1. The Kier molecular flexibility index (Phi) is 4.81. The van der Waals surface area contributed by atoms with Crippen LogP contribution in [0.3, 0.4) is 0 Å². The Labute approximate surface area is 161 Å². The Morgan fingerprint density at radius 3 is 2.93 bits per heavy atom. The number of ether oxygens (including phenoxy) is 1. The molecule has 2 N–H and O–H groups in total. The van der Waals surface area contributed by atoms with Crippen molar-refractivity contribution in [2.75, 3.05) is 11.9 Å². The number of hydrogen-bond acceptors (Lipinski definition) is 4. The molecule has 6 nitrogen and oxygen atoms in total. The number of rotatable bonds is 6. The van der Waals surface area contributed by atoms with E-state index in [2.05, 4.69) is 20.5 Å². The highest BCUT2D eigenvalue weighted by molar-refractivity contribution is 6.31. The van der Waals surface area contributed by atoms with Crippen molar-refractivity contribution in [2.24, 2.45) is 0 Å². The lowest BCUT2D eigenvalue weighted by atomic mass is 10.2. The summed E-state index contributed by atoms with van der Waals surface area (Å²) in [5.41, 5.74) is 2.43. The van der Waals surface area contributed by atoms with Gasteiger partial charge in [0.25, 0.3) is 5.91 Å². The third-order valence-electron chi connectivity index (χ3n) is 4.37. The van der Waals surface area contributed by atoms with Crippen molar-refractivity contribution in [3.63, 3.8) is 0 Å². The van der Waals surface area contributed by atoms with Gasteiger partial charge in [0.05, 0.1) is 0 Å². The SMILES string of the molecule is Cc1cc(OCC(=O)Nc2cccc(-c3n[nH]c(C4CC4)n3)c2)ccc1Cl. The maximum atomic E-state index is 12.2. The van der Waals surface area contributed by atoms with Crippen LogP contribution in [0.2, 0.25) is 5.02 Å². The smallest absolute Gasteiger partial charge is 0.262 e. The van der Waals surface area contributed by atoms with E-state index in [0.717, 1.165) is 29.8 Å². The molecule has 1 saturated carbocycles. The Bertz CT molecular complexity index is 982. The molecular formula is C20H19ClN4O2. The van der Waals surface area contributed by atoms with Crippen molar-refractivity contribution in [3.8, 4) is 17.1 Å². The van der Waals surface area contributed by atoms with E-state index >= 15 is 0 Å². The van der Waals surface area contributed by atoms with Gasteiger partial charge in [0.15, 0.2) is 12.4 Å². The molecule has 4 rings (SSSR count). The van der Waals surface area contributed by atoms with Gasteiger partial charge in [-0.3, -0.25) is 9.89 Å². The number of nitrogens with zero attached hydrogens (tertiary/aromatic N) is 2. The van der Waals surface area contributed by atoms with Crippen LogP contribution in [0, 0.1) is 6.92 Å². The van der Waals surface area contributed by atoms with Gasteiger partial charge in [-0.2, -0.15) is 5.10 Å². The fraction of sp³-hybridized carbons (Fsp3) is 0.250. The lowest BCUT2D eigenvalue weighted by Crippen LogP contribution is -2.20. The van der Waals surface area contributed by atoms with E-state index in [1.54, 1.807) is 18.2 Å². The molecule has 2 aromatic carbocycles. The van der Waals surface area contributed by atoms with Crippen LogP contribution < -0.4 is 10.1 Å². The lowest BCUT2D eigenvalue weighted by Gasteiger charge is -2.09. The summed E-state index contributed by atoms with van der Waals surface area (Å²) in [6, 6.07) is 12.7. The predicted octanol–water partition coefficient (Wildman–Crippen LogP) is 4.33. The highest BCUT2D eigenvalue weighted by atomic mass is 35.5. The molecule has 1 aliphatic rings. The second-order valence-electron chi connectivity index (χ2n) is 6.65. The highest BCUT2D eigenvalue weighted by Gasteiger charge is 2.27. The van der Waals surface area contributed by atoms with Crippen molar-refractivity contribution in [1.29, 1.82) is 0 Å². The first kappa shape index (κ1) is 17.5. The molecule has 0 unspecified atom stereocenters. The van der Waals surface area contributed by atoms with Crippen LogP contribution in [0.15, 0.2) is 42.5 Å². The Balaban J connectivity index is 1.38. The molecule has 138 valence electrons. The highest BCUT2D eigenvalue weighted by Crippen LogP contribution is 2.38. The second kappa shape index (κ2) is 7.40. The van der Waals surface area contributed by atoms with Crippen molar-refractivity contribution >= 4 is 23.2 Å². The average molecular weight is 383 g/mol. The molecule has 27 heavy (non-hydrogen) atoms. The molecule has 1 heterocycles. The van der Waals surface area contributed by atoms with Crippen LogP contribution in [-0.2, 0) is 4.79 Å². The van der Waals surface area contributed by atoms with Crippen LogP contribution in [0.1, 0.15) is 30.1 Å². The van der Waals surface area contributed by atoms with Crippen molar-refractivity contribution in [2.45, 2.75) is 25.7 Å². The van der Waals surface area contributed by atoms with Crippen LogP contribution >= 0.6 is 11.6 Å². The monoisotopic (exact) mass is 382 g/mol. The summed E-state index contributed by atoms with van der Waals surface area (Å²) in [6.45, 7) is 1.80. The Morgan fingerprint density at radius 2 is 2.15 bits per heavy atom. The van der Waals surface area contributed by atoms with Crippen LogP contribution in [-0.4, -0.2) is 27.7 Å². The number of anilines is 1. The standard InChI is InChI=1S/C20H19ClN4O2/c1-12-9-16(7-8-17(12)21)27-11-18(26)22-15-4-2-3-14(10-15)20-23-19(24-25-20)13-5-6-13/h2-4,7-10,13H,5-6,11H2,1H3,(H,22,26)(H,23,24,25). The lowest BCUT2D eigenvalue weighted by molar-refractivity contribution is -0.118. The van der Waals surface area contributed by atoms with Crippen LogP contribution in [0.4, 0.5) is 5.69 Å². The van der Waals surface area contributed by atoms with Gasteiger partial charge in [-0.25, -0.2) is 4.98 Å². The number of aryl methyl sites for hydroxylation is 1. The first-order chi connectivity index (χ1) is 13.1. The summed E-state index contributed by atoms with van der Waals surface area (Å²) in [5, 5.41) is 10.8. The number of H-pyrrole nitrogens is 1. The molecule has 3 aromatic rings. The Morgan fingerprint density at radius 1 is 1.30 bits per heavy atom. The summed E-state index contributed by atoms with van der Waals surface area (Å²) in [6.07, 6.45) is 2.33. The van der Waals surface area contributed by atoms with E-state index in [4.69, 9.17) is 16.3 Å². The summed E-state index contributed by atoms with van der Waals surface area (Å²) in [4.78, 5) is 16.7. The number of benzene rings is 2. The molecule has 0 bridgehead atoms. The number of hydrogen-bond donors (Lipinski definition) is 2. The van der Waals surface area contributed by atoms with Crippen LogP contribution in [0.5, 0.6) is 5.75 Å². The van der Waals surface area contributed by atoms with Gasteiger partial charge in [0, 0.05) is 22.2 Å². The third-order valence-corrected chi connectivity index (χ3v) is 4.79. The van der Waals surface area contributed by atoms with Gasteiger partial charge in [-0.15, -0.1) is 0 Å². The summed E-state index contributed by atoms with van der Waals surface area (Å²) < 4.78 is 5.53. The fourth-order valence-electron chi connectivity index (χ4n) is 2.73. The maximum Gasteiger partial charge on any atom is 0.262 e. The van der Waals surface area contributed by atoms with Gasteiger partial charge in [-0.1, -0.05) is 23.7 Å². The number of carbonyl (C=O) groups excluding carboxylic acids is 1. The molecule has 1 amide bonds. The normalized spacial score (nSPS) is 13.4. The topological polar surface area (TPSA) is 79.9 Å². The predicted molar refractivity (Wildman–Crippen MR) is 104 cm³/mol. The van der Waals surface area contributed by atoms with E-state index in [0.29, 0.717) is 28.2 Å². The molecule has 1 aromatic heterocycles. The molecule has 1 aliphatic carbocycles. The quantitative estimate of drug-likeness (QED) is 0.665. The number of amides is 1. The van der Waals surface area contributed by atoms with E-state index in [9.17, 15) is 4.79 Å².